The molecule has 0 radical (unpaired) electrons. The number of nitro benzene ring substituents is 1. The van der Waals surface area contributed by atoms with E-state index in [1.165, 1.54) is 0 Å². The van der Waals surface area contributed by atoms with E-state index in [-0.39, 0.29) is 12.1 Å². The zero-order valence-electron chi connectivity index (χ0n) is 13.6. The van der Waals surface area contributed by atoms with Gasteiger partial charge in [0.2, 0.25) is 0 Å². The number of nitro groups is 1. The number of nitrogens with zero attached hydrogens (tertiary/aromatic N) is 1. The van der Waals surface area contributed by atoms with E-state index >= 15 is 0 Å². The second kappa shape index (κ2) is 8.16. The lowest BCUT2D eigenvalue weighted by atomic mass is 10.1. The first kappa shape index (κ1) is 21.4. The summed E-state index contributed by atoms with van der Waals surface area (Å²) in [6.07, 6.45) is -4.58. The van der Waals surface area contributed by atoms with Gasteiger partial charge in [-0.3, -0.25) is 10.1 Å². The molecular formula is C14H11F3N2O8. The van der Waals surface area contributed by atoms with Crippen LogP contribution in [0.1, 0.15) is 15.9 Å². The summed E-state index contributed by atoms with van der Waals surface area (Å²) in [5, 5.41) is 22.3. The van der Waals surface area contributed by atoms with Crippen LogP contribution >= 0.6 is 0 Å². The van der Waals surface area contributed by atoms with E-state index in [2.05, 4.69) is 9.47 Å². The van der Waals surface area contributed by atoms with E-state index in [1.807, 2.05) is 5.32 Å². The molecule has 0 amide bonds. The Morgan fingerprint density at radius 1 is 1.22 bits per heavy atom. The van der Waals surface area contributed by atoms with Crippen molar-refractivity contribution in [1.82, 2.24) is 0 Å². The molecule has 10 nitrogen and oxygen atoms in total. The van der Waals surface area contributed by atoms with E-state index < -0.39 is 57.2 Å². The molecule has 0 atom stereocenters. The fourth-order valence-corrected chi connectivity index (χ4v) is 1.80. The van der Waals surface area contributed by atoms with Crippen LogP contribution in [0, 0.1) is 10.1 Å². The van der Waals surface area contributed by atoms with Gasteiger partial charge in [-0.05, 0) is 6.07 Å². The van der Waals surface area contributed by atoms with Crippen LogP contribution < -0.4 is 5.32 Å². The normalized spacial score (nSPS) is 11.5. The summed E-state index contributed by atoms with van der Waals surface area (Å²) < 4.78 is 47.3. The maximum Gasteiger partial charge on any atom is 0.416 e. The third kappa shape index (κ3) is 5.17. The second-order valence-electron chi connectivity index (χ2n) is 4.68. The number of esters is 2. The lowest BCUT2D eigenvalue weighted by Crippen LogP contribution is -2.19. The minimum absolute atomic E-state index is 0.0851. The highest BCUT2D eigenvalue weighted by atomic mass is 19.4. The number of hydrogen-bond donors (Lipinski definition) is 2. The Hall–Kier alpha value is -3.64. The number of rotatable bonds is 6. The first-order valence-corrected chi connectivity index (χ1v) is 6.70. The molecule has 0 aliphatic heterocycles. The predicted molar refractivity (Wildman–Crippen MR) is 80.8 cm³/mol. The molecule has 13 heteroatoms. The van der Waals surface area contributed by atoms with Gasteiger partial charge in [0.1, 0.15) is 11.4 Å². The largest absolute Gasteiger partial charge is 0.478 e. The topological polar surface area (TPSA) is 145 Å². The Labute approximate surface area is 148 Å². The summed E-state index contributed by atoms with van der Waals surface area (Å²) in [5.41, 5.74) is -5.79. The van der Waals surface area contributed by atoms with Crippen molar-refractivity contribution in [3.63, 3.8) is 0 Å². The number of carboxylic acids is 1. The Morgan fingerprint density at radius 3 is 2.22 bits per heavy atom. The highest BCUT2D eigenvalue weighted by molar-refractivity contribution is 6.03. The Morgan fingerprint density at radius 2 is 1.81 bits per heavy atom. The van der Waals surface area contributed by atoms with Gasteiger partial charge in [-0.25, -0.2) is 14.4 Å². The molecule has 0 saturated carbocycles. The van der Waals surface area contributed by atoms with Crippen molar-refractivity contribution in [2.45, 2.75) is 6.18 Å². The quantitative estimate of drug-likeness (QED) is 0.321. The number of methoxy groups -OCH3 is 2. The third-order valence-corrected chi connectivity index (χ3v) is 3.00. The van der Waals surface area contributed by atoms with Crippen LogP contribution in [0.3, 0.4) is 0 Å². The van der Waals surface area contributed by atoms with Gasteiger partial charge >= 0.3 is 24.1 Å². The SMILES string of the molecule is COC(=O)/C=C(/Nc1c(C(=O)O)cc(C(F)(F)F)cc1[N+](=O)[O-])C(=O)OC. The van der Waals surface area contributed by atoms with Crippen LogP contribution in [0.2, 0.25) is 0 Å². The lowest BCUT2D eigenvalue weighted by Gasteiger charge is -2.14. The molecule has 0 aromatic heterocycles. The molecule has 0 saturated heterocycles. The average molecular weight is 392 g/mol. The zero-order chi connectivity index (χ0) is 20.9. The van der Waals surface area contributed by atoms with Crippen molar-refractivity contribution < 1.29 is 47.1 Å². The molecule has 2 N–H and O–H groups in total. The van der Waals surface area contributed by atoms with E-state index in [4.69, 9.17) is 5.11 Å². The minimum atomic E-state index is -5.07. The van der Waals surface area contributed by atoms with Crippen molar-refractivity contribution in [2.75, 3.05) is 19.5 Å². The van der Waals surface area contributed by atoms with Crippen molar-refractivity contribution in [2.24, 2.45) is 0 Å². The number of aromatic carboxylic acids is 1. The van der Waals surface area contributed by atoms with Gasteiger partial charge in [-0.1, -0.05) is 0 Å². The zero-order valence-corrected chi connectivity index (χ0v) is 13.6. The van der Waals surface area contributed by atoms with Crippen molar-refractivity contribution in [3.05, 3.63) is 45.1 Å². The maximum atomic E-state index is 12.9. The van der Waals surface area contributed by atoms with Gasteiger partial charge in [0.25, 0.3) is 5.69 Å². The van der Waals surface area contributed by atoms with Crippen LogP contribution in [-0.4, -0.2) is 42.2 Å². The molecule has 27 heavy (non-hydrogen) atoms. The van der Waals surface area contributed by atoms with Crippen molar-refractivity contribution in [1.29, 1.82) is 0 Å². The number of carbonyl (C=O) groups excluding carboxylic acids is 2. The first-order chi connectivity index (χ1) is 12.4. The van der Waals surface area contributed by atoms with Crippen LogP contribution in [-0.2, 0) is 25.2 Å². The summed E-state index contributed by atoms with van der Waals surface area (Å²) in [6.45, 7) is 0. The third-order valence-electron chi connectivity index (χ3n) is 3.00. The molecule has 1 rings (SSSR count). The minimum Gasteiger partial charge on any atom is -0.478 e. The summed E-state index contributed by atoms with van der Waals surface area (Å²) in [6, 6.07) is 0.229. The molecule has 0 aliphatic rings. The molecule has 146 valence electrons. The van der Waals surface area contributed by atoms with Gasteiger partial charge < -0.3 is 19.9 Å². The number of halogens is 3. The van der Waals surface area contributed by atoms with Crippen LogP contribution in [0.25, 0.3) is 0 Å². The smallest absolute Gasteiger partial charge is 0.416 e. The number of nitrogens with one attached hydrogen (secondary N) is 1. The standard InChI is InChI=1S/C14H11F3N2O8/c1-26-10(20)5-8(13(23)27-2)18-11-7(12(21)22)3-6(14(15,16)17)4-9(11)19(24)25/h3-5,18H,1-2H3,(H,21,22)/b8-5+. The molecule has 0 heterocycles. The first-order valence-electron chi connectivity index (χ1n) is 6.70. The number of anilines is 1. The maximum absolute atomic E-state index is 12.9. The van der Waals surface area contributed by atoms with Gasteiger partial charge in [0.15, 0.2) is 0 Å². The highest BCUT2D eigenvalue weighted by Gasteiger charge is 2.36. The summed E-state index contributed by atoms with van der Waals surface area (Å²) in [5.74, 6) is -4.32. The van der Waals surface area contributed by atoms with E-state index in [0.717, 1.165) is 14.2 Å². The number of benzene rings is 1. The molecule has 0 spiro atoms. The number of alkyl halides is 3. The molecular weight excluding hydrogens is 381 g/mol. The highest BCUT2D eigenvalue weighted by Crippen LogP contribution is 2.38. The Bertz CT molecular complexity index is 797. The predicted octanol–water partition coefficient (Wildman–Crippen LogP) is 1.95. The van der Waals surface area contributed by atoms with Crippen molar-refractivity contribution >= 4 is 29.3 Å². The van der Waals surface area contributed by atoms with Crippen LogP contribution in [0.5, 0.6) is 0 Å². The van der Waals surface area contributed by atoms with E-state index in [9.17, 15) is 37.7 Å². The van der Waals surface area contributed by atoms with Gasteiger partial charge in [-0.2, -0.15) is 13.2 Å². The van der Waals surface area contributed by atoms with Gasteiger partial charge in [-0.15, -0.1) is 0 Å². The molecule has 1 aromatic rings. The number of hydrogen-bond acceptors (Lipinski definition) is 8. The molecule has 1 aromatic carbocycles. The molecule has 0 fully saturated rings. The van der Waals surface area contributed by atoms with E-state index in [0.29, 0.717) is 6.08 Å². The van der Waals surface area contributed by atoms with Gasteiger partial charge in [0, 0.05) is 6.07 Å². The number of ether oxygens (including phenoxy) is 2. The van der Waals surface area contributed by atoms with Gasteiger partial charge in [0.05, 0.1) is 36.3 Å². The number of carboxylic acid groups (broad SMARTS) is 1. The molecule has 0 bridgehead atoms. The Kier molecular flexibility index (Phi) is 6.47. The van der Waals surface area contributed by atoms with Crippen molar-refractivity contribution in [3.8, 4) is 0 Å². The number of carbonyl (C=O) groups is 3. The molecule has 0 aliphatic carbocycles. The summed E-state index contributed by atoms with van der Waals surface area (Å²) in [4.78, 5) is 44.2. The van der Waals surface area contributed by atoms with E-state index in [1.54, 1.807) is 0 Å². The Balaban J connectivity index is 3.71. The molecule has 0 unspecified atom stereocenters. The second-order valence-corrected chi connectivity index (χ2v) is 4.68. The summed E-state index contributed by atoms with van der Waals surface area (Å²) >= 11 is 0. The monoisotopic (exact) mass is 392 g/mol. The fraction of sp³-hybridized carbons (Fsp3) is 0.214. The summed E-state index contributed by atoms with van der Waals surface area (Å²) in [7, 11) is 1.82. The average Bonchev–Trinajstić information content (AvgIpc) is 2.58. The van der Waals surface area contributed by atoms with Crippen LogP contribution in [0.4, 0.5) is 24.5 Å². The lowest BCUT2D eigenvalue weighted by molar-refractivity contribution is -0.384. The fourth-order valence-electron chi connectivity index (χ4n) is 1.80. The van der Waals surface area contributed by atoms with Crippen LogP contribution in [0.15, 0.2) is 23.9 Å².